The lowest BCUT2D eigenvalue weighted by molar-refractivity contribution is -0.0893. The predicted molar refractivity (Wildman–Crippen MR) is 187 cm³/mol. The van der Waals surface area contributed by atoms with E-state index >= 15 is 0 Å². The number of rotatable bonds is 8. The van der Waals surface area contributed by atoms with Crippen LogP contribution in [0.25, 0.3) is 67.2 Å². The van der Waals surface area contributed by atoms with E-state index in [4.69, 9.17) is 24.0 Å². The van der Waals surface area contributed by atoms with Crippen LogP contribution >= 0.6 is 0 Å². The Kier molecular flexibility index (Phi) is 7.51. The van der Waals surface area contributed by atoms with Gasteiger partial charge in [-0.15, -0.1) is 0 Å². The van der Waals surface area contributed by atoms with E-state index in [1.54, 1.807) is 13.8 Å². The third-order valence-corrected chi connectivity index (χ3v) is 8.85. The van der Waals surface area contributed by atoms with Crippen molar-refractivity contribution in [3.63, 3.8) is 0 Å². The van der Waals surface area contributed by atoms with Gasteiger partial charge in [-0.05, 0) is 56.4 Å². The Hall–Kier alpha value is -5.11. The van der Waals surface area contributed by atoms with Crippen LogP contribution in [0.1, 0.15) is 27.7 Å². The third-order valence-electron chi connectivity index (χ3n) is 8.85. The van der Waals surface area contributed by atoms with Gasteiger partial charge in [-0.25, -0.2) is 15.0 Å². The Morgan fingerprint density at radius 1 is 0.565 bits per heavy atom. The van der Waals surface area contributed by atoms with Gasteiger partial charge >= 0.3 is 7.48 Å². The molecule has 0 saturated heterocycles. The van der Waals surface area contributed by atoms with Crippen molar-refractivity contribution in [3.8, 4) is 45.3 Å². The Balaban J connectivity index is 1.32. The molecule has 0 saturated carbocycles. The molecule has 0 amide bonds. The first kappa shape index (κ1) is 29.6. The lowest BCUT2D eigenvalue weighted by Gasteiger charge is -2.37. The van der Waals surface area contributed by atoms with Crippen molar-refractivity contribution in [2.24, 2.45) is 0 Å². The molecule has 1 N–H and O–H groups in total. The average molecular weight is 604 g/mol. The molecule has 2 aromatic heterocycles. The standard InChI is InChI=1S/C39H34BN3O3/c1-38(2,44)39(3,4)46-40-33-29(23-24-31-30-17-11-12-18-32(30)45-34(31)33)25-19-21-28(22-20-25)37-42-35(26-13-7-5-8-14-26)41-36(43-37)27-15-9-6-10-16-27/h5-24,40,44H,1-4H3. The summed E-state index contributed by atoms with van der Waals surface area (Å²) in [6.07, 6.45) is 0. The van der Waals surface area contributed by atoms with Crippen LogP contribution in [0.5, 0.6) is 0 Å². The summed E-state index contributed by atoms with van der Waals surface area (Å²) in [5, 5.41) is 12.9. The number of para-hydroxylation sites is 1. The Morgan fingerprint density at radius 3 is 1.63 bits per heavy atom. The first-order valence-corrected chi connectivity index (χ1v) is 15.5. The van der Waals surface area contributed by atoms with E-state index in [2.05, 4.69) is 30.3 Å². The van der Waals surface area contributed by atoms with Crippen LogP contribution < -0.4 is 5.46 Å². The highest BCUT2D eigenvalue weighted by Crippen LogP contribution is 2.33. The molecule has 0 spiro atoms. The second-order valence-electron chi connectivity index (χ2n) is 12.5. The van der Waals surface area contributed by atoms with Gasteiger partial charge < -0.3 is 14.2 Å². The largest absolute Gasteiger partial charge is 0.457 e. The molecule has 226 valence electrons. The van der Waals surface area contributed by atoms with Gasteiger partial charge in [0.05, 0.1) is 11.2 Å². The van der Waals surface area contributed by atoms with Gasteiger partial charge in [-0.2, -0.15) is 0 Å². The van der Waals surface area contributed by atoms with Crippen molar-refractivity contribution in [2.45, 2.75) is 38.9 Å². The quantitative estimate of drug-likeness (QED) is 0.178. The van der Waals surface area contributed by atoms with E-state index in [1.165, 1.54) is 0 Å². The number of hydrogen-bond donors (Lipinski definition) is 1. The number of aliphatic hydroxyl groups is 1. The fraction of sp³-hybridized carbons (Fsp3) is 0.154. The van der Waals surface area contributed by atoms with E-state index in [0.29, 0.717) is 17.5 Å². The Morgan fingerprint density at radius 2 is 1.07 bits per heavy atom. The van der Waals surface area contributed by atoms with Gasteiger partial charge in [-0.3, -0.25) is 0 Å². The van der Waals surface area contributed by atoms with Crippen molar-refractivity contribution >= 4 is 34.9 Å². The molecule has 0 radical (unpaired) electrons. The van der Waals surface area contributed by atoms with E-state index in [-0.39, 0.29) is 7.48 Å². The molecule has 0 aliphatic heterocycles. The second kappa shape index (κ2) is 11.7. The highest BCUT2D eigenvalue weighted by molar-refractivity contribution is 6.54. The average Bonchev–Trinajstić information content (AvgIpc) is 3.46. The second-order valence-corrected chi connectivity index (χ2v) is 12.5. The number of aromatic nitrogens is 3. The number of fused-ring (bicyclic) bond motifs is 3. The van der Waals surface area contributed by atoms with Crippen LogP contribution in [-0.4, -0.2) is 38.7 Å². The summed E-state index contributed by atoms with van der Waals surface area (Å²) in [4.78, 5) is 14.6. The van der Waals surface area contributed by atoms with Gasteiger partial charge in [0.2, 0.25) is 0 Å². The minimum atomic E-state index is -1.04. The molecule has 0 unspecified atom stereocenters. The SMILES string of the molecule is CC(C)(O)C(C)(C)OBc1c(-c2ccc(-c3nc(-c4ccccc4)nc(-c4ccccc4)n3)cc2)ccc2c1oc1ccccc12. The van der Waals surface area contributed by atoms with Crippen LogP contribution in [-0.2, 0) is 4.65 Å². The monoisotopic (exact) mass is 603 g/mol. The first-order valence-electron chi connectivity index (χ1n) is 15.5. The van der Waals surface area contributed by atoms with Crippen LogP contribution in [0.2, 0.25) is 0 Å². The fourth-order valence-electron chi connectivity index (χ4n) is 5.42. The number of benzene rings is 5. The molecule has 6 nitrogen and oxygen atoms in total. The lowest BCUT2D eigenvalue weighted by atomic mass is 9.77. The smallest absolute Gasteiger partial charge is 0.313 e. The molecule has 0 bridgehead atoms. The molecule has 0 aliphatic rings. The van der Waals surface area contributed by atoms with Gasteiger partial charge in [0.15, 0.2) is 17.5 Å². The van der Waals surface area contributed by atoms with Crippen molar-refractivity contribution in [1.29, 1.82) is 0 Å². The van der Waals surface area contributed by atoms with Crippen LogP contribution in [0.4, 0.5) is 0 Å². The van der Waals surface area contributed by atoms with Crippen LogP contribution in [0.3, 0.4) is 0 Å². The summed E-state index contributed by atoms with van der Waals surface area (Å²) in [6.45, 7) is 7.34. The summed E-state index contributed by atoms with van der Waals surface area (Å²) in [6, 6.07) is 40.5. The Labute approximate surface area is 269 Å². The molecule has 0 atom stereocenters. The molecule has 5 aromatic carbocycles. The van der Waals surface area contributed by atoms with E-state index < -0.39 is 11.2 Å². The first-order chi connectivity index (χ1) is 22.2. The lowest BCUT2D eigenvalue weighted by Crippen LogP contribution is -2.49. The normalized spacial score (nSPS) is 12.1. The van der Waals surface area contributed by atoms with Crippen molar-refractivity contribution in [3.05, 3.63) is 121 Å². The molecular weight excluding hydrogens is 569 g/mol. The molecule has 2 heterocycles. The summed E-state index contributed by atoms with van der Waals surface area (Å²) >= 11 is 0. The van der Waals surface area contributed by atoms with Crippen molar-refractivity contribution in [2.75, 3.05) is 0 Å². The fourth-order valence-corrected chi connectivity index (χ4v) is 5.42. The maximum absolute atomic E-state index is 10.8. The van der Waals surface area contributed by atoms with E-state index in [9.17, 15) is 5.11 Å². The summed E-state index contributed by atoms with van der Waals surface area (Å²) in [5.41, 5.74) is 5.43. The molecular formula is C39H34BN3O3. The number of furan rings is 1. The van der Waals surface area contributed by atoms with Gasteiger partial charge in [0, 0.05) is 27.5 Å². The van der Waals surface area contributed by atoms with Gasteiger partial charge in [-0.1, -0.05) is 109 Å². The van der Waals surface area contributed by atoms with Crippen LogP contribution in [0, 0.1) is 0 Å². The summed E-state index contributed by atoms with van der Waals surface area (Å²) < 4.78 is 12.8. The highest BCUT2D eigenvalue weighted by atomic mass is 16.5. The zero-order valence-corrected chi connectivity index (χ0v) is 26.4. The third kappa shape index (κ3) is 5.60. The maximum Gasteiger partial charge on any atom is 0.313 e. The van der Waals surface area contributed by atoms with Gasteiger partial charge in [0.1, 0.15) is 11.2 Å². The van der Waals surface area contributed by atoms with Crippen molar-refractivity contribution < 1.29 is 14.2 Å². The predicted octanol–water partition coefficient (Wildman–Crippen LogP) is 7.98. The topological polar surface area (TPSA) is 81.3 Å². The molecule has 0 fully saturated rings. The van der Waals surface area contributed by atoms with E-state index in [1.807, 2.05) is 105 Å². The number of nitrogens with zero attached hydrogens (tertiary/aromatic N) is 3. The zero-order valence-electron chi connectivity index (χ0n) is 26.4. The summed E-state index contributed by atoms with van der Waals surface area (Å²) in [7, 11) is 0.263. The zero-order chi connectivity index (χ0) is 31.9. The molecule has 7 heteroatoms. The number of hydrogen-bond acceptors (Lipinski definition) is 6. The maximum atomic E-state index is 10.8. The molecule has 7 aromatic rings. The highest BCUT2D eigenvalue weighted by Gasteiger charge is 2.36. The molecule has 0 aliphatic carbocycles. The van der Waals surface area contributed by atoms with Crippen molar-refractivity contribution in [1.82, 2.24) is 15.0 Å². The minimum Gasteiger partial charge on any atom is -0.457 e. The molecule has 46 heavy (non-hydrogen) atoms. The molecule has 7 rings (SSSR count). The van der Waals surface area contributed by atoms with Gasteiger partial charge in [0.25, 0.3) is 0 Å². The minimum absolute atomic E-state index is 0.263. The summed E-state index contributed by atoms with van der Waals surface area (Å²) in [5.74, 6) is 1.85. The van der Waals surface area contributed by atoms with Crippen LogP contribution in [0.15, 0.2) is 126 Å². The van der Waals surface area contributed by atoms with E-state index in [0.717, 1.165) is 55.2 Å². The Bertz CT molecular complexity index is 2100.